The van der Waals surface area contributed by atoms with E-state index in [2.05, 4.69) is 108 Å². The molecular formula is C41H33F2NO2. The lowest BCUT2D eigenvalue weighted by molar-refractivity contribution is 0.273. The van der Waals surface area contributed by atoms with E-state index in [-0.39, 0.29) is 13.2 Å². The molecule has 1 aliphatic rings. The molecule has 0 fully saturated rings. The van der Waals surface area contributed by atoms with Gasteiger partial charge in [0.05, 0.1) is 5.41 Å². The largest absolute Gasteiger partial charge is 0.491 e. The molecule has 1 aliphatic carbocycles. The molecule has 0 aliphatic heterocycles. The number of ether oxygens (including phenoxy) is 2. The Balaban J connectivity index is 1.44. The van der Waals surface area contributed by atoms with E-state index in [1.807, 2.05) is 48.5 Å². The van der Waals surface area contributed by atoms with Crippen molar-refractivity contribution in [1.82, 2.24) is 0 Å². The summed E-state index contributed by atoms with van der Waals surface area (Å²) in [5, 5.41) is 0. The smallest absolute Gasteiger partial charge is 0.123 e. The van der Waals surface area contributed by atoms with Gasteiger partial charge in [-0.05, 0) is 94.0 Å². The quantitative estimate of drug-likeness (QED) is 0.146. The maximum Gasteiger partial charge on any atom is 0.123 e. The van der Waals surface area contributed by atoms with E-state index >= 15 is 0 Å². The van der Waals surface area contributed by atoms with Crippen molar-refractivity contribution in [3.63, 3.8) is 0 Å². The van der Waals surface area contributed by atoms with Crippen LogP contribution in [0.25, 0.3) is 11.1 Å². The van der Waals surface area contributed by atoms with E-state index in [0.717, 1.165) is 17.1 Å². The van der Waals surface area contributed by atoms with Crippen molar-refractivity contribution in [3.05, 3.63) is 174 Å². The number of halogens is 2. The summed E-state index contributed by atoms with van der Waals surface area (Å²) in [5.41, 5.74) is 9.48. The van der Waals surface area contributed by atoms with Gasteiger partial charge < -0.3 is 14.4 Å². The van der Waals surface area contributed by atoms with Gasteiger partial charge in [-0.15, -0.1) is 0 Å². The molecule has 0 spiro atoms. The van der Waals surface area contributed by atoms with E-state index in [0.29, 0.717) is 11.5 Å². The maximum absolute atomic E-state index is 12.8. The van der Waals surface area contributed by atoms with Crippen LogP contribution >= 0.6 is 0 Å². The van der Waals surface area contributed by atoms with Gasteiger partial charge in [-0.1, -0.05) is 91.0 Å². The van der Waals surface area contributed by atoms with Crippen LogP contribution in [0, 0.1) is 0 Å². The second-order valence-electron chi connectivity index (χ2n) is 11.2. The van der Waals surface area contributed by atoms with Gasteiger partial charge in [0.15, 0.2) is 0 Å². The molecule has 0 atom stereocenters. The van der Waals surface area contributed by atoms with Gasteiger partial charge in [-0.25, -0.2) is 8.78 Å². The highest BCUT2D eigenvalue weighted by Gasteiger charge is 2.46. The molecule has 0 radical (unpaired) electrons. The second-order valence-corrected chi connectivity index (χ2v) is 11.2. The number of benzene rings is 6. The van der Waals surface area contributed by atoms with E-state index in [1.165, 1.54) is 33.4 Å². The predicted octanol–water partition coefficient (Wildman–Crippen LogP) is 10.2. The fourth-order valence-electron chi connectivity index (χ4n) is 6.71. The van der Waals surface area contributed by atoms with Crippen LogP contribution in [0.4, 0.5) is 25.8 Å². The van der Waals surface area contributed by atoms with Crippen LogP contribution < -0.4 is 14.4 Å². The molecule has 3 nitrogen and oxygen atoms in total. The number of fused-ring (bicyclic) bond motifs is 3. The van der Waals surface area contributed by atoms with Crippen LogP contribution in [0.5, 0.6) is 11.5 Å². The predicted molar refractivity (Wildman–Crippen MR) is 181 cm³/mol. The van der Waals surface area contributed by atoms with E-state index in [9.17, 15) is 8.78 Å². The Morgan fingerprint density at radius 2 is 0.913 bits per heavy atom. The first-order valence-electron chi connectivity index (χ1n) is 15.5. The Kier molecular flexibility index (Phi) is 8.22. The molecule has 228 valence electrons. The summed E-state index contributed by atoms with van der Waals surface area (Å²) in [5.74, 6) is 1.21. The third-order valence-corrected chi connectivity index (χ3v) is 8.58. The van der Waals surface area contributed by atoms with E-state index in [4.69, 9.17) is 9.47 Å². The second kappa shape index (κ2) is 12.9. The monoisotopic (exact) mass is 609 g/mol. The van der Waals surface area contributed by atoms with Crippen molar-refractivity contribution in [3.8, 4) is 22.6 Å². The van der Waals surface area contributed by atoms with Crippen molar-refractivity contribution >= 4 is 17.1 Å². The Bertz CT molecular complexity index is 1820. The number of hydrogen-bond acceptors (Lipinski definition) is 3. The van der Waals surface area contributed by atoms with Gasteiger partial charge in [-0.3, -0.25) is 0 Å². The molecule has 0 aromatic heterocycles. The highest BCUT2D eigenvalue weighted by atomic mass is 19.1. The topological polar surface area (TPSA) is 21.7 Å². The molecule has 0 saturated carbocycles. The summed E-state index contributed by atoms with van der Waals surface area (Å²) in [4.78, 5) is 2.18. The molecule has 46 heavy (non-hydrogen) atoms. The normalized spacial score (nSPS) is 12.7. The molecule has 0 unspecified atom stereocenters. The van der Waals surface area contributed by atoms with Crippen molar-refractivity contribution in [2.75, 3.05) is 31.5 Å². The molecule has 0 heterocycles. The van der Waals surface area contributed by atoms with E-state index < -0.39 is 18.8 Å². The van der Waals surface area contributed by atoms with Gasteiger partial charge in [0, 0.05) is 17.1 Å². The molecular weight excluding hydrogens is 576 g/mol. The number of anilines is 3. The Labute approximate surface area is 268 Å². The van der Waals surface area contributed by atoms with Crippen molar-refractivity contribution in [2.24, 2.45) is 0 Å². The first-order valence-corrected chi connectivity index (χ1v) is 15.5. The van der Waals surface area contributed by atoms with Crippen molar-refractivity contribution < 1.29 is 18.3 Å². The minimum Gasteiger partial charge on any atom is -0.491 e. The van der Waals surface area contributed by atoms with E-state index in [1.54, 1.807) is 0 Å². The Morgan fingerprint density at radius 1 is 0.457 bits per heavy atom. The zero-order chi connectivity index (χ0) is 31.3. The average Bonchev–Trinajstić information content (AvgIpc) is 3.42. The number of rotatable bonds is 11. The molecule has 0 N–H and O–H groups in total. The Morgan fingerprint density at radius 3 is 1.43 bits per heavy atom. The number of hydrogen-bond donors (Lipinski definition) is 0. The molecule has 0 saturated heterocycles. The summed E-state index contributed by atoms with van der Waals surface area (Å²) in [6.45, 7) is -1.08. The third-order valence-electron chi connectivity index (χ3n) is 8.58. The maximum atomic E-state index is 12.8. The summed E-state index contributed by atoms with van der Waals surface area (Å²) >= 11 is 0. The number of alkyl halides is 2. The molecule has 0 amide bonds. The van der Waals surface area contributed by atoms with Gasteiger partial charge in [0.25, 0.3) is 0 Å². The summed E-state index contributed by atoms with van der Waals surface area (Å²) in [6.07, 6.45) is 0. The van der Waals surface area contributed by atoms with Crippen molar-refractivity contribution in [1.29, 1.82) is 0 Å². The SMILES string of the molecule is FCCOc1ccc(N(c2ccc(OCCF)cc2)c2ccc3c(c2)C(c2ccccc2)(c2ccccc2)c2ccccc2-3)cc1. The van der Waals surface area contributed by atoms with Crippen LogP contribution in [-0.2, 0) is 5.41 Å². The van der Waals surface area contributed by atoms with Gasteiger partial charge in [0.2, 0.25) is 0 Å². The lowest BCUT2D eigenvalue weighted by Gasteiger charge is -2.35. The summed E-state index contributed by atoms with van der Waals surface area (Å²) in [7, 11) is 0. The standard InChI is InChI=1S/C41H33F2NO2/c42-25-27-45-35-20-15-32(16-21-35)44(33-17-22-36(23-18-33)46-28-26-43)34-19-24-38-37-13-7-8-14-39(37)41(40(38)29-34,30-9-3-1-4-10-30)31-11-5-2-6-12-31/h1-24,29H,25-28H2. The summed E-state index contributed by atoms with van der Waals surface area (Å²) < 4.78 is 36.7. The van der Waals surface area contributed by atoms with Crippen LogP contribution in [0.15, 0.2) is 152 Å². The lowest BCUT2D eigenvalue weighted by Crippen LogP contribution is -2.28. The Hall–Kier alpha value is -5.42. The van der Waals surface area contributed by atoms with Crippen LogP contribution in [0.2, 0.25) is 0 Å². The summed E-state index contributed by atoms with van der Waals surface area (Å²) in [6, 6.07) is 52.1. The molecule has 6 aromatic carbocycles. The highest BCUT2D eigenvalue weighted by Crippen LogP contribution is 2.57. The molecule has 7 rings (SSSR count). The molecule has 5 heteroatoms. The fourth-order valence-corrected chi connectivity index (χ4v) is 6.71. The zero-order valence-electron chi connectivity index (χ0n) is 25.3. The van der Waals surface area contributed by atoms with Gasteiger partial charge >= 0.3 is 0 Å². The molecule has 0 bridgehead atoms. The van der Waals surface area contributed by atoms with Crippen LogP contribution in [0.1, 0.15) is 22.3 Å². The first-order chi connectivity index (χ1) is 22.7. The minimum atomic E-state index is -0.549. The lowest BCUT2D eigenvalue weighted by atomic mass is 9.67. The average molecular weight is 610 g/mol. The fraction of sp³-hybridized carbons (Fsp3) is 0.122. The zero-order valence-corrected chi connectivity index (χ0v) is 25.3. The van der Waals surface area contributed by atoms with Gasteiger partial charge in [-0.2, -0.15) is 0 Å². The minimum absolute atomic E-state index is 0.00976. The van der Waals surface area contributed by atoms with Gasteiger partial charge in [0.1, 0.15) is 38.1 Å². The van der Waals surface area contributed by atoms with Crippen molar-refractivity contribution in [2.45, 2.75) is 5.41 Å². The molecule has 6 aromatic rings. The third kappa shape index (κ3) is 5.18. The van der Waals surface area contributed by atoms with Crippen LogP contribution in [0.3, 0.4) is 0 Å². The number of nitrogens with zero attached hydrogens (tertiary/aromatic N) is 1. The van der Waals surface area contributed by atoms with Crippen LogP contribution in [-0.4, -0.2) is 26.6 Å². The first kappa shape index (κ1) is 29.3. The highest BCUT2D eigenvalue weighted by molar-refractivity contribution is 5.89.